The van der Waals surface area contributed by atoms with Gasteiger partial charge in [0.2, 0.25) is 0 Å². The molecule has 2 aliphatic rings. The Labute approximate surface area is 178 Å². The lowest BCUT2D eigenvalue weighted by Crippen LogP contribution is -2.52. The maximum absolute atomic E-state index is 4.37. The Hall–Kier alpha value is -0.120. The Morgan fingerprint density at radius 2 is 1.62 bits per heavy atom. The molecule has 7 heteroatoms. The number of hydrogen-bond donors (Lipinski definition) is 2. The van der Waals surface area contributed by atoms with Crippen molar-refractivity contribution in [1.29, 1.82) is 0 Å². The molecule has 0 saturated carbocycles. The standard InChI is InChI=1S/C19H40N6.HI/c1-18(25-15-13-23(3)14-16-25)17-22-19(20-2)21-9-8-12-24-10-6-4-5-7-11-24;/h18H,4-17H2,1-3H3,(H2,20,21,22);1H. The number of rotatable bonds is 7. The largest absolute Gasteiger partial charge is 0.356 e. The van der Waals surface area contributed by atoms with Crippen LogP contribution in [0.25, 0.3) is 0 Å². The molecular formula is C19H41IN6. The van der Waals surface area contributed by atoms with E-state index in [1.807, 2.05) is 7.05 Å². The summed E-state index contributed by atoms with van der Waals surface area (Å²) in [4.78, 5) is 12.0. The van der Waals surface area contributed by atoms with Crippen molar-refractivity contribution < 1.29 is 0 Å². The van der Waals surface area contributed by atoms with Crippen LogP contribution in [-0.2, 0) is 0 Å². The summed E-state index contributed by atoms with van der Waals surface area (Å²) >= 11 is 0. The molecule has 1 unspecified atom stereocenters. The number of hydrogen-bond acceptors (Lipinski definition) is 4. The second-order valence-corrected chi connectivity index (χ2v) is 7.68. The molecule has 2 aliphatic heterocycles. The van der Waals surface area contributed by atoms with Gasteiger partial charge >= 0.3 is 0 Å². The monoisotopic (exact) mass is 480 g/mol. The average molecular weight is 480 g/mol. The van der Waals surface area contributed by atoms with Gasteiger partial charge < -0.3 is 20.4 Å². The highest BCUT2D eigenvalue weighted by Gasteiger charge is 2.19. The van der Waals surface area contributed by atoms with Gasteiger partial charge in [-0.2, -0.15) is 0 Å². The number of piperazine rings is 1. The van der Waals surface area contributed by atoms with Gasteiger partial charge in [0.05, 0.1) is 0 Å². The van der Waals surface area contributed by atoms with Crippen LogP contribution in [0, 0.1) is 0 Å². The first-order chi connectivity index (χ1) is 12.2. The van der Waals surface area contributed by atoms with Crippen molar-refractivity contribution in [2.75, 3.05) is 73.0 Å². The van der Waals surface area contributed by atoms with Crippen molar-refractivity contribution in [3.8, 4) is 0 Å². The third-order valence-electron chi connectivity index (χ3n) is 5.59. The third-order valence-corrected chi connectivity index (χ3v) is 5.59. The molecule has 0 aromatic heterocycles. The lowest BCUT2D eigenvalue weighted by molar-refractivity contribution is 0.120. The summed E-state index contributed by atoms with van der Waals surface area (Å²) in [7, 11) is 4.07. The molecule has 0 aromatic rings. The highest BCUT2D eigenvalue weighted by molar-refractivity contribution is 14.0. The molecule has 2 fully saturated rings. The Kier molecular flexibility index (Phi) is 12.8. The number of likely N-dealkylation sites (tertiary alicyclic amines) is 1. The smallest absolute Gasteiger partial charge is 0.191 e. The van der Waals surface area contributed by atoms with Gasteiger partial charge in [0.15, 0.2) is 5.96 Å². The molecule has 0 amide bonds. The van der Waals surface area contributed by atoms with Crippen LogP contribution >= 0.6 is 24.0 Å². The Morgan fingerprint density at radius 3 is 2.23 bits per heavy atom. The lowest BCUT2D eigenvalue weighted by Gasteiger charge is -2.36. The molecule has 2 heterocycles. The molecule has 0 spiro atoms. The quantitative estimate of drug-likeness (QED) is 0.251. The minimum Gasteiger partial charge on any atom is -0.356 e. The number of aliphatic imine (C=N–C) groups is 1. The van der Waals surface area contributed by atoms with Crippen LogP contribution in [0.4, 0.5) is 0 Å². The van der Waals surface area contributed by atoms with Crippen molar-refractivity contribution in [2.45, 2.75) is 45.1 Å². The minimum absolute atomic E-state index is 0. The summed E-state index contributed by atoms with van der Waals surface area (Å²) < 4.78 is 0. The van der Waals surface area contributed by atoms with Gasteiger partial charge in [0.25, 0.3) is 0 Å². The fourth-order valence-electron chi connectivity index (χ4n) is 3.73. The number of nitrogens with zero attached hydrogens (tertiary/aromatic N) is 4. The summed E-state index contributed by atoms with van der Waals surface area (Å²) in [6, 6.07) is 0.546. The van der Waals surface area contributed by atoms with Gasteiger partial charge in [0.1, 0.15) is 0 Å². The summed E-state index contributed by atoms with van der Waals surface area (Å²) in [5, 5.41) is 6.97. The van der Waals surface area contributed by atoms with E-state index in [1.54, 1.807) is 0 Å². The molecule has 0 aromatic carbocycles. The predicted octanol–water partition coefficient (Wildman–Crippen LogP) is 1.67. The van der Waals surface area contributed by atoms with Crippen molar-refractivity contribution in [3.63, 3.8) is 0 Å². The topological polar surface area (TPSA) is 46.1 Å². The molecule has 0 bridgehead atoms. The first-order valence-electron chi connectivity index (χ1n) is 10.3. The van der Waals surface area contributed by atoms with E-state index in [4.69, 9.17) is 0 Å². The normalized spacial score (nSPS) is 22.3. The van der Waals surface area contributed by atoms with Gasteiger partial charge in [-0.3, -0.25) is 9.89 Å². The Balaban J connectivity index is 0.00000338. The molecular weight excluding hydrogens is 439 g/mol. The second kappa shape index (κ2) is 14.0. The minimum atomic E-state index is 0. The van der Waals surface area contributed by atoms with Crippen molar-refractivity contribution in [2.24, 2.45) is 4.99 Å². The van der Waals surface area contributed by atoms with E-state index < -0.39 is 0 Å². The van der Waals surface area contributed by atoms with E-state index in [1.165, 1.54) is 77.9 Å². The number of likely N-dealkylation sites (N-methyl/N-ethyl adjacent to an activating group) is 1. The van der Waals surface area contributed by atoms with Gasteiger partial charge in [-0.25, -0.2) is 0 Å². The zero-order valence-corrected chi connectivity index (χ0v) is 19.5. The summed E-state index contributed by atoms with van der Waals surface area (Å²) in [5.41, 5.74) is 0. The predicted molar refractivity (Wildman–Crippen MR) is 123 cm³/mol. The molecule has 2 saturated heterocycles. The van der Waals surface area contributed by atoms with Crippen molar-refractivity contribution in [3.05, 3.63) is 0 Å². The van der Waals surface area contributed by atoms with Gasteiger partial charge in [-0.05, 0) is 52.9 Å². The molecule has 1 atom stereocenters. The molecule has 0 aliphatic carbocycles. The van der Waals surface area contributed by atoms with E-state index in [0.29, 0.717) is 6.04 Å². The highest BCUT2D eigenvalue weighted by atomic mass is 127. The van der Waals surface area contributed by atoms with Gasteiger partial charge in [0, 0.05) is 52.4 Å². The van der Waals surface area contributed by atoms with E-state index in [0.717, 1.165) is 19.0 Å². The maximum atomic E-state index is 4.37. The van der Waals surface area contributed by atoms with E-state index >= 15 is 0 Å². The van der Waals surface area contributed by atoms with Crippen molar-refractivity contribution >= 4 is 29.9 Å². The summed E-state index contributed by atoms with van der Waals surface area (Å²) in [5.74, 6) is 0.942. The fourth-order valence-corrected chi connectivity index (χ4v) is 3.73. The second-order valence-electron chi connectivity index (χ2n) is 7.68. The number of halogens is 1. The lowest BCUT2D eigenvalue weighted by atomic mass is 10.2. The molecule has 2 N–H and O–H groups in total. The average Bonchev–Trinajstić information content (AvgIpc) is 2.90. The molecule has 6 nitrogen and oxygen atoms in total. The van der Waals surface area contributed by atoms with E-state index in [2.05, 4.69) is 44.3 Å². The number of guanidine groups is 1. The Morgan fingerprint density at radius 1 is 0.962 bits per heavy atom. The first kappa shape index (κ1) is 23.9. The molecule has 26 heavy (non-hydrogen) atoms. The third kappa shape index (κ3) is 9.19. The Bertz CT molecular complexity index is 376. The van der Waals surface area contributed by atoms with Crippen LogP contribution in [0.2, 0.25) is 0 Å². The zero-order chi connectivity index (χ0) is 17.9. The van der Waals surface area contributed by atoms with Crippen LogP contribution < -0.4 is 10.6 Å². The van der Waals surface area contributed by atoms with Crippen LogP contribution in [0.5, 0.6) is 0 Å². The van der Waals surface area contributed by atoms with E-state index in [9.17, 15) is 0 Å². The van der Waals surface area contributed by atoms with E-state index in [-0.39, 0.29) is 24.0 Å². The number of nitrogens with one attached hydrogen (secondary N) is 2. The molecule has 2 rings (SSSR count). The van der Waals surface area contributed by atoms with Crippen LogP contribution in [0.3, 0.4) is 0 Å². The SMILES string of the molecule is CN=C(NCCCN1CCCCCC1)NCC(C)N1CCN(C)CC1.I. The fraction of sp³-hybridized carbons (Fsp3) is 0.947. The molecule has 154 valence electrons. The highest BCUT2D eigenvalue weighted by Crippen LogP contribution is 2.09. The summed E-state index contributed by atoms with van der Waals surface area (Å²) in [6.45, 7) is 12.7. The zero-order valence-electron chi connectivity index (χ0n) is 17.2. The maximum Gasteiger partial charge on any atom is 0.191 e. The first-order valence-corrected chi connectivity index (χ1v) is 10.3. The van der Waals surface area contributed by atoms with Gasteiger partial charge in [-0.1, -0.05) is 12.8 Å². The van der Waals surface area contributed by atoms with Crippen LogP contribution in [0.15, 0.2) is 4.99 Å². The van der Waals surface area contributed by atoms with Gasteiger partial charge in [-0.15, -0.1) is 24.0 Å². The van der Waals surface area contributed by atoms with Crippen LogP contribution in [-0.4, -0.2) is 99.7 Å². The van der Waals surface area contributed by atoms with Crippen molar-refractivity contribution in [1.82, 2.24) is 25.3 Å². The summed E-state index contributed by atoms with van der Waals surface area (Å²) in [6.07, 6.45) is 6.77. The van der Waals surface area contributed by atoms with Crippen LogP contribution in [0.1, 0.15) is 39.0 Å². The molecule has 0 radical (unpaired) electrons.